The van der Waals surface area contributed by atoms with Crippen LogP contribution in [0.3, 0.4) is 0 Å². The Bertz CT molecular complexity index is 952. The van der Waals surface area contributed by atoms with Crippen molar-refractivity contribution in [3.05, 3.63) is 0 Å². The third-order valence-corrected chi connectivity index (χ3v) is 8.64. The first kappa shape index (κ1) is 29.5. The average molecular weight is 547 g/mol. The van der Waals surface area contributed by atoms with Crippen LogP contribution in [-0.4, -0.2) is 77.2 Å². The number of fused-ring (bicyclic) bond motifs is 1. The molecule has 3 N–H and O–H groups in total. The first-order valence-electron chi connectivity index (χ1n) is 14.9. The largest absolute Gasteiger partial charge is 0.444 e. The molecule has 0 aromatic carbocycles. The number of nitrogens with zero attached hydrogens (tertiary/aromatic N) is 1. The fourth-order valence-corrected chi connectivity index (χ4v) is 6.49. The lowest BCUT2D eigenvalue weighted by molar-refractivity contribution is -0.144. The minimum Gasteiger partial charge on any atom is -0.444 e. The number of hydrogen-bond donors (Lipinski definition) is 3. The van der Waals surface area contributed by atoms with Crippen molar-refractivity contribution in [2.45, 2.75) is 122 Å². The summed E-state index contributed by atoms with van der Waals surface area (Å²) < 4.78 is 5.49. The van der Waals surface area contributed by atoms with Crippen LogP contribution < -0.4 is 16.0 Å². The SMILES string of the molecule is CCC(=O)C(=O)C(CC1CC1)NC(=O)C1C2CCNC2CN1C(=O)C(NC(=O)OC(C)(C)C)C1CCCCC1. The molecule has 2 heterocycles. The zero-order valence-electron chi connectivity index (χ0n) is 23.9. The van der Waals surface area contributed by atoms with Crippen molar-refractivity contribution >= 4 is 29.5 Å². The highest BCUT2D eigenvalue weighted by Gasteiger charge is 2.52. The number of Topliss-reactive ketones (excluding diaryl/α,β-unsaturated/α-hetero) is 2. The number of nitrogens with one attached hydrogen (secondary N) is 3. The Labute approximate surface area is 231 Å². The molecule has 2 aliphatic carbocycles. The van der Waals surface area contributed by atoms with Crippen molar-refractivity contribution < 1.29 is 28.7 Å². The van der Waals surface area contributed by atoms with Crippen LogP contribution in [0.5, 0.6) is 0 Å². The number of ether oxygens (including phenoxy) is 1. The molecule has 4 rings (SSSR count). The molecule has 3 amide bonds. The van der Waals surface area contributed by atoms with E-state index < -0.39 is 41.4 Å². The Kier molecular flexibility index (Phi) is 9.34. The molecule has 0 aromatic rings. The van der Waals surface area contributed by atoms with Crippen LogP contribution in [0.25, 0.3) is 0 Å². The van der Waals surface area contributed by atoms with Gasteiger partial charge < -0.3 is 25.6 Å². The van der Waals surface area contributed by atoms with Gasteiger partial charge in [0.15, 0.2) is 5.78 Å². The van der Waals surface area contributed by atoms with Gasteiger partial charge in [-0.15, -0.1) is 0 Å². The molecule has 39 heavy (non-hydrogen) atoms. The third-order valence-electron chi connectivity index (χ3n) is 8.64. The second-order valence-electron chi connectivity index (χ2n) is 12.9. The van der Waals surface area contributed by atoms with E-state index in [4.69, 9.17) is 4.74 Å². The van der Waals surface area contributed by atoms with Gasteiger partial charge in [-0.3, -0.25) is 19.2 Å². The molecule has 4 aliphatic rings. The molecule has 10 heteroatoms. The molecule has 5 atom stereocenters. The Morgan fingerprint density at radius 2 is 1.67 bits per heavy atom. The minimum absolute atomic E-state index is 0.0342. The number of hydrogen-bond acceptors (Lipinski definition) is 7. The molecule has 2 saturated heterocycles. The maximum atomic E-state index is 14.2. The first-order chi connectivity index (χ1) is 18.5. The zero-order chi connectivity index (χ0) is 28.3. The monoisotopic (exact) mass is 546 g/mol. The number of alkyl carbamates (subject to hydrolysis) is 1. The van der Waals surface area contributed by atoms with Gasteiger partial charge in [-0.2, -0.15) is 0 Å². The van der Waals surface area contributed by atoms with Crippen molar-refractivity contribution in [3.8, 4) is 0 Å². The number of amides is 3. The maximum absolute atomic E-state index is 14.2. The molecule has 0 aromatic heterocycles. The quantitative estimate of drug-likeness (QED) is 0.359. The number of ketones is 2. The summed E-state index contributed by atoms with van der Waals surface area (Å²) >= 11 is 0. The Hall–Kier alpha value is -2.49. The Balaban J connectivity index is 1.56. The molecule has 2 aliphatic heterocycles. The topological polar surface area (TPSA) is 134 Å². The van der Waals surface area contributed by atoms with E-state index >= 15 is 0 Å². The molecule has 5 unspecified atom stereocenters. The Morgan fingerprint density at radius 1 is 0.974 bits per heavy atom. The highest BCUT2D eigenvalue weighted by Crippen LogP contribution is 2.36. The lowest BCUT2D eigenvalue weighted by Crippen LogP contribution is -2.59. The van der Waals surface area contributed by atoms with Crippen molar-refractivity contribution in [3.63, 3.8) is 0 Å². The van der Waals surface area contributed by atoms with E-state index in [1.807, 2.05) is 0 Å². The van der Waals surface area contributed by atoms with Crippen LogP contribution in [0, 0.1) is 17.8 Å². The van der Waals surface area contributed by atoms with Crippen LogP contribution in [0.4, 0.5) is 4.79 Å². The highest BCUT2D eigenvalue weighted by molar-refractivity contribution is 6.39. The van der Waals surface area contributed by atoms with E-state index in [2.05, 4.69) is 16.0 Å². The molecule has 10 nitrogen and oxygen atoms in total. The summed E-state index contributed by atoms with van der Waals surface area (Å²) in [6.45, 7) is 8.09. The zero-order valence-corrected chi connectivity index (χ0v) is 23.9. The molecule has 4 fully saturated rings. The van der Waals surface area contributed by atoms with Gasteiger partial charge >= 0.3 is 6.09 Å². The van der Waals surface area contributed by atoms with Crippen molar-refractivity contribution in [1.29, 1.82) is 0 Å². The van der Waals surface area contributed by atoms with Crippen LogP contribution in [0.1, 0.15) is 91.9 Å². The van der Waals surface area contributed by atoms with Crippen molar-refractivity contribution in [1.82, 2.24) is 20.9 Å². The van der Waals surface area contributed by atoms with Gasteiger partial charge in [0, 0.05) is 24.9 Å². The van der Waals surface area contributed by atoms with Gasteiger partial charge in [-0.05, 0) is 64.8 Å². The molecule has 0 bridgehead atoms. The fraction of sp³-hybridized carbons (Fsp3) is 0.828. The minimum atomic E-state index is -0.864. The van der Waals surface area contributed by atoms with Crippen molar-refractivity contribution in [2.75, 3.05) is 13.1 Å². The summed E-state index contributed by atoms with van der Waals surface area (Å²) in [7, 11) is 0. The van der Waals surface area contributed by atoms with Crippen LogP contribution in [0.15, 0.2) is 0 Å². The van der Waals surface area contributed by atoms with E-state index in [1.165, 1.54) is 0 Å². The summed E-state index contributed by atoms with van der Waals surface area (Å²) in [5.74, 6) is -1.51. The summed E-state index contributed by atoms with van der Waals surface area (Å²) in [5, 5.41) is 9.17. The summed E-state index contributed by atoms with van der Waals surface area (Å²) in [5.41, 5.74) is -0.708. The number of carbonyl (C=O) groups excluding carboxylic acids is 5. The van der Waals surface area contributed by atoms with E-state index in [-0.39, 0.29) is 36.1 Å². The number of likely N-dealkylation sites (tertiary alicyclic amines) is 1. The van der Waals surface area contributed by atoms with Gasteiger partial charge in [0.2, 0.25) is 17.6 Å². The number of rotatable bonds is 10. The summed E-state index contributed by atoms with van der Waals surface area (Å²) in [4.78, 5) is 67.5. The van der Waals surface area contributed by atoms with E-state index in [0.717, 1.165) is 57.9 Å². The van der Waals surface area contributed by atoms with Gasteiger partial charge in [-0.25, -0.2) is 4.79 Å². The van der Waals surface area contributed by atoms with Gasteiger partial charge in [0.1, 0.15) is 17.7 Å². The summed E-state index contributed by atoms with van der Waals surface area (Å²) in [6.07, 6.45) is 7.32. The van der Waals surface area contributed by atoms with E-state index in [0.29, 0.717) is 18.9 Å². The van der Waals surface area contributed by atoms with E-state index in [9.17, 15) is 24.0 Å². The van der Waals surface area contributed by atoms with Gasteiger partial charge in [0.25, 0.3) is 0 Å². The third kappa shape index (κ3) is 7.38. The predicted molar refractivity (Wildman–Crippen MR) is 145 cm³/mol. The Morgan fingerprint density at radius 3 is 2.28 bits per heavy atom. The first-order valence-corrected chi connectivity index (χ1v) is 14.9. The average Bonchev–Trinajstić information content (AvgIpc) is 3.46. The maximum Gasteiger partial charge on any atom is 0.408 e. The second-order valence-corrected chi connectivity index (χ2v) is 12.9. The number of carbonyl (C=O) groups is 5. The highest BCUT2D eigenvalue weighted by atomic mass is 16.6. The van der Waals surface area contributed by atoms with Crippen LogP contribution in [0.2, 0.25) is 0 Å². The molecule has 0 radical (unpaired) electrons. The van der Waals surface area contributed by atoms with Crippen molar-refractivity contribution in [2.24, 2.45) is 17.8 Å². The smallest absolute Gasteiger partial charge is 0.408 e. The molecule has 0 spiro atoms. The van der Waals surface area contributed by atoms with Gasteiger partial charge in [0.05, 0.1) is 6.04 Å². The molecule has 2 saturated carbocycles. The van der Waals surface area contributed by atoms with E-state index in [1.54, 1.807) is 32.6 Å². The molecule has 218 valence electrons. The standard InChI is InChI=1S/C29H46N4O6/c1-5-22(34)25(35)20(15-17-11-12-17)31-26(36)24-19-13-14-30-21(19)16-33(24)27(37)23(18-9-7-6-8-10-18)32-28(38)39-29(2,3)4/h17-21,23-24,30H,5-16H2,1-4H3,(H,31,36)(H,32,38). The molecular weight excluding hydrogens is 500 g/mol. The lowest BCUT2D eigenvalue weighted by atomic mass is 9.83. The second kappa shape index (κ2) is 12.4. The fourth-order valence-electron chi connectivity index (χ4n) is 6.49. The molecular formula is C29H46N4O6. The van der Waals surface area contributed by atoms with Crippen LogP contribution in [-0.2, 0) is 23.9 Å². The summed E-state index contributed by atoms with van der Waals surface area (Å²) in [6, 6.07) is -2.46. The predicted octanol–water partition coefficient (Wildman–Crippen LogP) is 2.48. The van der Waals surface area contributed by atoms with Crippen LogP contribution >= 0.6 is 0 Å². The lowest BCUT2D eigenvalue weighted by Gasteiger charge is -2.36. The normalized spacial score (nSPS) is 26.9. The van der Waals surface area contributed by atoms with Gasteiger partial charge in [-0.1, -0.05) is 39.0 Å².